The lowest BCUT2D eigenvalue weighted by Crippen LogP contribution is -2.31. The summed E-state index contributed by atoms with van der Waals surface area (Å²) in [5.41, 5.74) is 0.911. The van der Waals surface area contributed by atoms with Crippen LogP contribution in [0.4, 0.5) is 5.82 Å². The third-order valence-corrected chi connectivity index (χ3v) is 4.81. The van der Waals surface area contributed by atoms with E-state index in [1.54, 1.807) is 11.3 Å². The number of carbonyl (C=O) groups is 1. The minimum Gasteiger partial charge on any atom is -0.480 e. The van der Waals surface area contributed by atoms with Gasteiger partial charge in [-0.15, -0.1) is 11.3 Å². The van der Waals surface area contributed by atoms with Crippen LogP contribution < -0.4 is 5.32 Å². The van der Waals surface area contributed by atoms with E-state index in [1.165, 1.54) is 0 Å². The van der Waals surface area contributed by atoms with E-state index in [0.717, 1.165) is 20.7 Å². The molecule has 1 aromatic carbocycles. The smallest absolute Gasteiger partial charge is 0.326 e. The number of carboxylic acid groups (broad SMARTS) is 1. The van der Waals surface area contributed by atoms with Crippen LogP contribution in [0, 0.1) is 12.8 Å². The van der Waals surface area contributed by atoms with E-state index in [0.29, 0.717) is 18.1 Å². The third-order valence-electron chi connectivity index (χ3n) is 3.86. The van der Waals surface area contributed by atoms with Gasteiger partial charge in [0.2, 0.25) is 0 Å². The number of hydrogen-bond donors (Lipinski definition) is 2. The number of nitrogens with one attached hydrogen (secondary N) is 1. The number of nitrogens with zero attached hydrogens (tertiary/aromatic N) is 2. The Morgan fingerprint density at radius 3 is 2.60 bits per heavy atom. The number of hydrogen-bond acceptors (Lipinski definition) is 5. The highest BCUT2D eigenvalue weighted by Gasteiger charge is 2.21. The molecule has 0 amide bonds. The Labute approximate surface area is 150 Å². The van der Waals surface area contributed by atoms with Crippen molar-refractivity contribution >= 4 is 33.3 Å². The van der Waals surface area contributed by atoms with Crippen LogP contribution in [-0.2, 0) is 4.79 Å². The van der Waals surface area contributed by atoms with Crippen LogP contribution in [0.5, 0.6) is 0 Å². The van der Waals surface area contributed by atoms with Crippen molar-refractivity contribution < 1.29 is 9.90 Å². The first-order valence-electron chi connectivity index (χ1n) is 8.27. The van der Waals surface area contributed by atoms with Gasteiger partial charge < -0.3 is 10.4 Å². The highest BCUT2D eigenvalue weighted by molar-refractivity contribution is 7.18. The van der Waals surface area contributed by atoms with Crippen molar-refractivity contribution in [3.8, 4) is 11.4 Å². The molecule has 0 fully saturated rings. The lowest BCUT2D eigenvalue weighted by Gasteiger charge is -2.18. The molecule has 2 aromatic heterocycles. The minimum absolute atomic E-state index is 0.267. The third kappa shape index (κ3) is 3.96. The lowest BCUT2D eigenvalue weighted by molar-refractivity contribution is -0.138. The molecule has 0 aliphatic carbocycles. The quantitative estimate of drug-likeness (QED) is 0.677. The van der Waals surface area contributed by atoms with Crippen molar-refractivity contribution in [3.05, 3.63) is 41.3 Å². The zero-order valence-corrected chi connectivity index (χ0v) is 15.3. The molecule has 25 heavy (non-hydrogen) atoms. The number of fused-ring (bicyclic) bond motifs is 1. The molecule has 130 valence electrons. The van der Waals surface area contributed by atoms with Crippen LogP contribution in [0.25, 0.3) is 21.6 Å². The van der Waals surface area contributed by atoms with Crippen molar-refractivity contribution in [2.24, 2.45) is 5.92 Å². The monoisotopic (exact) mass is 355 g/mol. The molecule has 5 nitrogen and oxygen atoms in total. The Kier molecular flexibility index (Phi) is 4.99. The van der Waals surface area contributed by atoms with E-state index in [4.69, 9.17) is 0 Å². The number of aromatic nitrogens is 2. The first-order chi connectivity index (χ1) is 11.9. The molecular formula is C19H21N3O2S. The van der Waals surface area contributed by atoms with Gasteiger partial charge in [-0.3, -0.25) is 0 Å². The van der Waals surface area contributed by atoms with Gasteiger partial charge in [0.25, 0.3) is 0 Å². The minimum atomic E-state index is -0.867. The molecule has 6 heteroatoms. The average Bonchev–Trinajstić information content (AvgIpc) is 2.95. The molecule has 0 spiro atoms. The highest BCUT2D eigenvalue weighted by atomic mass is 32.1. The van der Waals surface area contributed by atoms with Crippen molar-refractivity contribution in [3.63, 3.8) is 0 Å². The van der Waals surface area contributed by atoms with Gasteiger partial charge in [0.1, 0.15) is 16.7 Å². The van der Waals surface area contributed by atoms with Crippen LogP contribution in [0.3, 0.4) is 0 Å². The first-order valence-corrected chi connectivity index (χ1v) is 9.08. The summed E-state index contributed by atoms with van der Waals surface area (Å²) in [4.78, 5) is 22.9. The Bertz CT molecular complexity index is 890. The maximum Gasteiger partial charge on any atom is 0.326 e. The molecule has 1 unspecified atom stereocenters. The maximum atomic E-state index is 11.6. The lowest BCUT2D eigenvalue weighted by atomic mass is 10.0. The number of benzene rings is 1. The summed E-state index contributed by atoms with van der Waals surface area (Å²) in [6.07, 6.45) is 0.532. The Balaban J connectivity index is 2.07. The SMILES string of the molecule is Cc1cc2c(NC(CC(C)C)C(=O)O)nc(-c3ccccc3)nc2s1. The fourth-order valence-electron chi connectivity index (χ4n) is 2.73. The molecule has 0 saturated carbocycles. The average molecular weight is 355 g/mol. The van der Waals surface area contributed by atoms with Gasteiger partial charge in [0.15, 0.2) is 5.82 Å². The molecular weight excluding hydrogens is 334 g/mol. The maximum absolute atomic E-state index is 11.6. The summed E-state index contributed by atoms with van der Waals surface area (Å²) in [5.74, 6) is 0.588. The second kappa shape index (κ2) is 7.19. The molecule has 1 atom stereocenters. The van der Waals surface area contributed by atoms with Crippen molar-refractivity contribution in [1.82, 2.24) is 9.97 Å². The summed E-state index contributed by atoms with van der Waals surface area (Å²) in [7, 11) is 0. The first kappa shape index (κ1) is 17.4. The molecule has 0 aliphatic heterocycles. The van der Waals surface area contributed by atoms with E-state index in [2.05, 4.69) is 15.3 Å². The van der Waals surface area contributed by atoms with E-state index in [9.17, 15) is 9.90 Å². The van der Waals surface area contributed by atoms with E-state index < -0.39 is 12.0 Å². The molecule has 0 saturated heterocycles. The molecule has 0 aliphatic rings. The Hall–Kier alpha value is -2.47. The van der Waals surface area contributed by atoms with Gasteiger partial charge in [0, 0.05) is 10.4 Å². The van der Waals surface area contributed by atoms with Crippen molar-refractivity contribution in [1.29, 1.82) is 0 Å². The standard InChI is InChI=1S/C19H21N3O2S/c1-11(2)9-15(19(23)24)20-17-14-10-12(3)25-18(14)22-16(21-17)13-7-5-4-6-8-13/h4-8,10-11,15H,9H2,1-3H3,(H,23,24)(H,20,21,22). The van der Waals surface area contributed by atoms with Crippen LogP contribution in [0.15, 0.2) is 36.4 Å². The van der Waals surface area contributed by atoms with Gasteiger partial charge in [0.05, 0.1) is 5.39 Å². The van der Waals surface area contributed by atoms with Gasteiger partial charge in [-0.25, -0.2) is 14.8 Å². The van der Waals surface area contributed by atoms with Gasteiger partial charge in [-0.1, -0.05) is 44.2 Å². The van der Waals surface area contributed by atoms with Crippen molar-refractivity contribution in [2.45, 2.75) is 33.2 Å². The zero-order valence-electron chi connectivity index (χ0n) is 14.5. The summed E-state index contributed by atoms with van der Waals surface area (Å²) in [6, 6.07) is 11.1. The molecule has 2 N–H and O–H groups in total. The zero-order chi connectivity index (χ0) is 18.0. The van der Waals surface area contributed by atoms with Gasteiger partial charge in [-0.2, -0.15) is 0 Å². The topological polar surface area (TPSA) is 75.1 Å². The largest absolute Gasteiger partial charge is 0.480 e. The summed E-state index contributed by atoms with van der Waals surface area (Å²) in [6.45, 7) is 6.04. The van der Waals surface area contributed by atoms with E-state index >= 15 is 0 Å². The van der Waals surface area contributed by atoms with Gasteiger partial charge in [-0.05, 0) is 25.3 Å². The number of rotatable bonds is 6. The molecule has 3 aromatic rings. The summed E-state index contributed by atoms with van der Waals surface area (Å²) in [5, 5.41) is 13.5. The van der Waals surface area contributed by atoms with Crippen molar-refractivity contribution in [2.75, 3.05) is 5.32 Å². The Morgan fingerprint density at radius 1 is 1.24 bits per heavy atom. The highest BCUT2D eigenvalue weighted by Crippen LogP contribution is 2.31. The van der Waals surface area contributed by atoms with Crippen LogP contribution >= 0.6 is 11.3 Å². The second-order valence-corrected chi connectivity index (χ2v) is 7.74. The fourth-order valence-corrected chi connectivity index (χ4v) is 3.61. The summed E-state index contributed by atoms with van der Waals surface area (Å²) >= 11 is 1.59. The second-order valence-electron chi connectivity index (χ2n) is 6.50. The number of anilines is 1. The van der Waals surface area contributed by atoms with Crippen LogP contribution in [-0.4, -0.2) is 27.1 Å². The fraction of sp³-hybridized carbons (Fsp3) is 0.316. The predicted octanol–water partition coefficient (Wildman–Crippen LogP) is 4.58. The molecule has 2 heterocycles. The molecule has 3 rings (SSSR count). The molecule has 0 bridgehead atoms. The normalized spacial score (nSPS) is 12.5. The number of carboxylic acids is 1. The number of aliphatic carboxylic acids is 1. The van der Waals surface area contributed by atoms with E-state index in [-0.39, 0.29) is 5.92 Å². The predicted molar refractivity (Wildman–Crippen MR) is 102 cm³/mol. The van der Waals surface area contributed by atoms with Crippen LogP contribution in [0.1, 0.15) is 25.1 Å². The van der Waals surface area contributed by atoms with E-state index in [1.807, 2.05) is 57.2 Å². The summed E-state index contributed by atoms with van der Waals surface area (Å²) < 4.78 is 0. The number of thiophene rings is 1. The van der Waals surface area contributed by atoms with Crippen LogP contribution in [0.2, 0.25) is 0 Å². The molecule has 0 radical (unpaired) electrons. The van der Waals surface area contributed by atoms with Gasteiger partial charge >= 0.3 is 5.97 Å². The Morgan fingerprint density at radius 2 is 1.96 bits per heavy atom. The number of aryl methyl sites for hydroxylation is 1.